The highest BCUT2D eigenvalue weighted by Crippen LogP contribution is 2.40. The lowest BCUT2D eigenvalue weighted by Crippen LogP contribution is -2.45. The molecule has 1 aromatic heterocycles. The van der Waals surface area contributed by atoms with E-state index in [0.717, 1.165) is 64.2 Å². The number of nitrogens with one attached hydrogen (secondary N) is 1. The minimum atomic E-state index is -0.721. The second-order valence-corrected chi connectivity index (χ2v) is 12.8. The second-order valence-electron chi connectivity index (χ2n) is 12.8. The fourth-order valence-electron chi connectivity index (χ4n) is 6.92. The van der Waals surface area contributed by atoms with Crippen LogP contribution >= 0.6 is 0 Å². The molecule has 0 spiro atoms. The van der Waals surface area contributed by atoms with Gasteiger partial charge in [-0.25, -0.2) is 9.18 Å². The topological polar surface area (TPSA) is 119 Å². The average molecular weight is 646 g/mol. The highest BCUT2D eigenvalue weighted by Gasteiger charge is 2.45. The quantitative estimate of drug-likeness (QED) is 0.249. The zero-order chi connectivity index (χ0) is 32.7. The Morgan fingerprint density at radius 2 is 1.61 bits per heavy atom. The third kappa shape index (κ3) is 7.96. The van der Waals surface area contributed by atoms with E-state index in [1.165, 1.54) is 33.4 Å². The molecule has 5 rings (SSSR count). The van der Waals surface area contributed by atoms with Crippen molar-refractivity contribution < 1.29 is 32.9 Å². The Hall–Kier alpha value is -2.90. The summed E-state index contributed by atoms with van der Waals surface area (Å²) in [5.41, 5.74) is -0.160. The number of benzene rings is 1. The normalized spacial score (nSPS) is 24.1. The first-order valence-corrected chi connectivity index (χ1v) is 16.6. The average Bonchev–Trinajstić information content (AvgIpc) is 3.47. The summed E-state index contributed by atoms with van der Waals surface area (Å²) in [4.78, 5) is 39.2. The maximum Gasteiger partial charge on any atom is 0.333 e. The molecule has 12 heteroatoms. The molecular weight excluding hydrogens is 597 g/mol. The van der Waals surface area contributed by atoms with Crippen LogP contribution in [0.15, 0.2) is 40.1 Å². The lowest BCUT2D eigenvalue weighted by atomic mass is 9.93. The van der Waals surface area contributed by atoms with E-state index in [9.17, 15) is 18.8 Å². The summed E-state index contributed by atoms with van der Waals surface area (Å²) in [5, 5.41) is 2.76. The summed E-state index contributed by atoms with van der Waals surface area (Å²) in [7, 11) is 3.36. The van der Waals surface area contributed by atoms with Gasteiger partial charge < -0.3 is 29.0 Å². The van der Waals surface area contributed by atoms with E-state index in [1.807, 2.05) is 0 Å². The molecule has 3 aliphatic rings. The molecule has 2 heterocycles. The van der Waals surface area contributed by atoms with Crippen LogP contribution in [0.5, 0.6) is 0 Å². The molecule has 1 N–H and O–H groups in total. The van der Waals surface area contributed by atoms with Crippen molar-refractivity contribution in [3.05, 3.63) is 68.2 Å². The Morgan fingerprint density at radius 1 is 0.978 bits per heavy atom. The first-order valence-electron chi connectivity index (χ1n) is 16.6. The number of rotatable bonds is 13. The molecule has 3 atom stereocenters. The summed E-state index contributed by atoms with van der Waals surface area (Å²) in [6.45, 7) is 2.23. The number of aromatic nitrogens is 2. The zero-order valence-corrected chi connectivity index (χ0v) is 27.3. The minimum Gasteiger partial charge on any atom is -0.353 e. The van der Waals surface area contributed by atoms with Crippen LogP contribution in [-0.4, -0.2) is 66.2 Å². The van der Waals surface area contributed by atoms with Crippen LogP contribution in [0, 0.1) is 12.7 Å². The largest absolute Gasteiger partial charge is 0.353 e. The van der Waals surface area contributed by atoms with Crippen LogP contribution in [0.1, 0.15) is 99.2 Å². The van der Waals surface area contributed by atoms with Crippen molar-refractivity contribution in [3.63, 3.8) is 0 Å². The monoisotopic (exact) mass is 645 g/mol. The molecule has 0 bridgehead atoms. The van der Waals surface area contributed by atoms with Crippen LogP contribution in [0.2, 0.25) is 0 Å². The van der Waals surface area contributed by atoms with Gasteiger partial charge in [-0.2, -0.15) is 0 Å². The summed E-state index contributed by atoms with van der Waals surface area (Å²) in [6.07, 6.45) is 10.2. The highest BCUT2D eigenvalue weighted by atomic mass is 19.1. The van der Waals surface area contributed by atoms with Gasteiger partial charge in [-0.05, 0) is 63.3 Å². The number of aryl methyl sites for hydroxylation is 1. The van der Waals surface area contributed by atoms with Gasteiger partial charge in [0, 0.05) is 76.7 Å². The molecule has 11 nitrogen and oxygen atoms in total. The first kappa shape index (κ1) is 34.4. The SMILES string of the molecule is COC1(OC[C@H]2O[C@@H](n3cc(C)c(=O)n(CCCNC(=O)c4ccc([19F])cc4)c3=O)C[C@@H]2OC2(OC)CCCCC2)CCCCC1. The summed E-state index contributed by atoms with van der Waals surface area (Å²) >= 11 is 0. The smallest absolute Gasteiger partial charge is 0.333 e. The molecule has 1 aromatic carbocycles. The predicted molar refractivity (Wildman–Crippen MR) is 168 cm³/mol. The van der Waals surface area contributed by atoms with Crippen molar-refractivity contribution in [3.8, 4) is 0 Å². The van der Waals surface area contributed by atoms with Crippen LogP contribution in [-0.2, 0) is 30.2 Å². The van der Waals surface area contributed by atoms with Gasteiger partial charge >= 0.3 is 5.69 Å². The molecule has 0 unspecified atom stereocenters. The lowest BCUT2D eigenvalue weighted by Gasteiger charge is -2.40. The fraction of sp³-hybridized carbons (Fsp3) is 0.676. The Morgan fingerprint density at radius 3 is 2.24 bits per heavy atom. The number of carbonyl (C=O) groups is 1. The molecule has 1 aliphatic heterocycles. The Kier molecular flexibility index (Phi) is 11.5. The Bertz CT molecular complexity index is 1430. The van der Waals surface area contributed by atoms with Crippen molar-refractivity contribution in [2.24, 2.45) is 0 Å². The molecule has 254 valence electrons. The van der Waals surface area contributed by atoms with Crippen molar-refractivity contribution in [1.82, 2.24) is 14.5 Å². The molecule has 3 fully saturated rings. The first-order chi connectivity index (χ1) is 22.2. The number of amides is 1. The van der Waals surface area contributed by atoms with Crippen LogP contribution in [0.25, 0.3) is 0 Å². The van der Waals surface area contributed by atoms with Gasteiger partial charge in [0.2, 0.25) is 0 Å². The molecule has 46 heavy (non-hydrogen) atoms. The molecule has 2 aliphatic carbocycles. The van der Waals surface area contributed by atoms with E-state index in [0.29, 0.717) is 24.0 Å². The third-order valence-electron chi connectivity index (χ3n) is 9.66. The highest BCUT2D eigenvalue weighted by molar-refractivity contribution is 5.94. The van der Waals surface area contributed by atoms with Crippen LogP contribution < -0.4 is 16.6 Å². The van der Waals surface area contributed by atoms with Crippen molar-refractivity contribution in [2.75, 3.05) is 27.4 Å². The summed E-state index contributed by atoms with van der Waals surface area (Å²) < 4.78 is 47.3. The number of halogens is 1. The van der Waals surface area contributed by atoms with Crippen molar-refractivity contribution >= 4 is 5.91 Å². The van der Waals surface area contributed by atoms with Crippen LogP contribution in [0.4, 0.5) is 4.39 Å². The summed E-state index contributed by atoms with van der Waals surface area (Å²) in [6, 6.07) is 5.24. The number of ether oxygens (including phenoxy) is 5. The van der Waals surface area contributed by atoms with E-state index in [2.05, 4.69) is 5.32 Å². The van der Waals surface area contributed by atoms with E-state index in [1.54, 1.807) is 27.3 Å². The van der Waals surface area contributed by atoms with Gasteiger partial charge in [0.25, 0.3) is 11.5 Å². The standard InChI is InChI=1S/C34H48FN3O8/c1-24-22-38(32(41)37(31(24)40)20-10-19-36-30(39)25-11-13-26(35)14-12-25)29-21-27(46-34(43-3)17-8-5-9-18-34)28(45-29)23-44-33(42-2)15-6-4-7-16-33/h11-14,22,27-29H,4-10,15-21,23H2,1-3H3,(H,36,39)/t27-,28+,29+/m0/s1/i35+0. The van der Waals surface area contributed by atoms with Crippen molar-refractivity contribution in [1.29, 1.82) is 0 Å². The lowest BCUT2D eigenvalue weighted by molar-refractivity contribution is -0.282. The number of hydrogen-bond donors (Lipinski definition) is 1. The maximum absolute atomic E-state index is 13.7. The predicted octanol–water partition coefficient (Wildman–Crippen LogP) is 4.58. The molecule has 0 radical (unpaired) electrons. The number of methoxy groups -OCH3 is 2. The number of nitrogens with zero attached hydrogens (tertiary/aromatic N) is 2. The summed E-state index contributed by atoms with van der Waals surface area (Å²) in [5.74, 6) is -2.17. The van der Waals surface area contributed by atoms with E-state index in [-0.39, 0.29) is 25.6 Å². The maximum atomic E-state index is 13.7. The van der Waals surface area contributed by atoms with Gasteiger partial charge in [-0.3, -0.25) is 18.7 Å². The fourth-order valence-corrected chi connectivity index (χ4v) is 6.92. The number of hydrogen-bond acceptors (Lipinski definition) is 8. The third-order valence-corrected chi connectivity index (χ3v) is 9.66. The second kappa shape index (κ2) is 15.3. The molecule has 1 amide bonds. The van der Waals surface area contributed by atoms with Gasteiger partial charge in [-0.15, -0.1) is 0 Å². The Balaban J connectivity index is 1.31. The Labute approximate surface area is 269 Å². The van der Waals surface area contributed by atoms with Crippen LogP contribution in [0.3, 0.4) is 0 Å². The van der Waals surface area contributed by atoms with Gasteiger partial charge in [0.05, 0.1) is 12.7 Å². The van der Waals surface area contributed by atoms with Gasteiger partial charge in [-0.1, -0.05) is 12.8 Å². The molecule has 1 saturated heterocycles. The molecule has 2 aromatic rings. The van der Waals surface area contributed by atoms with E-state index >= 15 is 0 Å². The molecule has 2 saturated carbocycles. The van der Waals surface area contributed by atoms with E-state index < -0.39 is 47.1 Å². The van der Waals surface area contributed by atoms with Gasteiger partial charge in [0.15, 0.2) is 11.6 Å². The number of carbonyl (C=O) groups excluding carboxylic acids is 1. The van der Waals surface area contributed by atoms with Gasteiger partial charge in [0.1, 0.15) is 18.1 Å². The minimum absolute atomic E-state index is 0.103. The van der Waals surface area contributed by atoms with Crippen molar-refractivity contribution in [2.45, 2.75) is 121 Å². The van der Waals surface area contributed by atoms with E-state index in [4.69, 9.17) is 23.7 Å². The molecular formula is C34H48FN3O8. The zero-order valence-electron chi connectivity index (χ0n) is 27.3.